The number of fused-ring (bicyclic) bond motifs is 3. The third kappa shape index (κ3) is 1.42. The van der Waals surface area contributed by atoms with Crippen LogP contribution in [0.2, 0.25) is 0 Å². The zero-order valence-electron chi connectivity index (χ0n) is 9.54. The SMILES string of the molecule is CCCCC1CCC2CCC3CC3C12. The van der Waals surface area contributed by atoms with Crippen molar-refractivity contribution in [3.8, 4) is 0 Å². The Morgan fingerprint density at radius 1 is 1.00 bits per heavy atom. The number of rotatable bonds is 3. The van der Waals surface area contributed by atoms with E-state index >= 15 is 0 Å². The minimum absolute atomic E-state index is 1.15. The van der Waals surface area contributed by atoms with Crippen molar-refractivity contribution in [1.82, 2.24) is 0 Å². The minimum atomic E-state index is 1.15. The average molecular weight is 192 g/mol. The molecule has 0 nitrogen and oxygen atoms in total. The van der Waals surface area contributed by atoms with E-state index < -0.39 is 0 Å². The summed E-state index contributed by atoms with van der Waals surface area (Å²) in [5.74, 6) is 5.91. The van der Waals surface area contributed by atoms with Crippen LogP contribution in [0, 0.1) is 29.6 Å². The first-order valence-corrected chi connectivity index (χ1v) is 6.90. The molecular weight excluding hydrogens is 168 g/mol. The molecule has 0 spiro atoms. The smallest absolute Gasteiger partial charge is 0.0326 e. The van der Waals surface area contributed by atoms with Crippen LogP contribution >= 0.6 is 0 Å². The second-order valence-electron chi connectivity index (χ2n) is 6.05. The molecule has 0 saturated heterocycles. The van der Waals surface area contributed by atoms with Crippen molar-refractivity contribution in [2.24, 2.45) is 29.6 Å². The molecule has 0 aromatic carbocycles. The molecule has 3 saturated carbocycles. The fraction of sp³-hybridized carbons (Fsp3) is 1.00. The first kappa shape index (κ1) is 9.24. The summed E-state index contributed by atoms with van der Waals surface area (Å²) in [6.45, 7) is 2.34. The summed E-state index contributed by atoms with van der Waals surface area (Å²) in [4.78, 5) is 0. The Bertz CT molecular complexity index is 208. The van der Waals surface area contributed by atoms with Gasteiger partial charge in [-0.2, -0.15) is 0 Å². The van der Waals surface area contributed by atoms with Gasteiger partial charge in [-0.15, -0.1) is 0 Å². The van der Waals surface area contributed by atoms with Gasteiger partial charge in [0.15, 0.2) is 0 Å². The van der Waals surface area contributed by atoms with Gasteiger partial charge in [0.25, 0.3) is 0 Å². The molecule has 0 heteroatoms. The predicted octanol–water partition coefficient (Wildman–Crippen LogP) is 4.25. The van der Waals surface area contributed by atoms with E-state index in [1.54, 1.807) is 38.5 Å². The fourth-order valence-electron chi connectivity index (χ4n) is 4.54. The van der Waals surface area contributed by atoms with Gasteiger partial charge in [-0.1, -0.05) is 26.2 Å². The standard InChI is InChI=1S/C14H24/c1-2-3-4-10-5-6-11-7-8-12-9-13(12)14(10)11/h10-14H,2-9H2,1H3. The van der Waals surface area contributed by atoms with Crippen molar-refractivity contribution in [3.05, 3.63) is 0 Å². The first-order valence-electron chi connectivity index (χ1n) is 6.90. The minimum Gasteiger partial charge on any atom is -0.0654 e. The van der Waals surface area contributed by atoms with Gasteiger partial charge in [0.2, 0.25) is 0 Å². The summed E-state index contributed by atoms with van der Waals surface area (Å²) in [5, 5.41) is 0. The molecule has 3 aliphatic carbocycles. The fourth-order valence-corrected chi connectivity index (χ4v) is 4.54. The number of hydrogen-bond acceptors (Lipinski definition) is 0. The maximum Gasteiger partial charge on any atom is -0.0326 e. The number of hydrogen-bond donors (Lipinski definition) is 0. The van der Waals surface area contributed by atoms with Crippen molar-refractivity contribution in [2.75, 3.05) is 0 Å². The summed E-state index contributed by atoms with van der Waals surface area (Å²) in [6.07, 6.45) is 12.4. The monoisotopic (exact) mass is 192 g/mol. The Morgan fingerprint density at radius 2 is 1.79 bits per heavy atom. The molecule has 5 atom stereocenters. The van der Waals surface area contributed by atoms with Crippen molar-refractivity contribution < 1.29 is 0 Å². The molecule has 0 radical (unpaired) electrons. The van der Waals surface area contributed by atoms with E-state index in [9.17, 15) is 0 Å². The third-order valence-electron chi connectivity index (χ3n) is 5.31. The van der Waals surface area contributed by atoms with Crippen molar-refractivity contribution in [1.29, 1.82) is 0 Å². The van der Waals surface area contributed by atoms with Crippen LogP contribution in [-0.4, -0.2) is 0 Å². The topological polar surface area (TPSA) is 0 Å². The molecule has 14 heavy (non-hydrogen) atoms. The van der Waals surface area contributed by atoms with Crippen LogP contribution in [0.5, 0.6) is 0 Å². The molecule has 3 rings (SSSR count). The number of unbranched alkanes of at least 4 members (excludes halogenated alkanes) is 1. The van der Waals surface area contributed by atoms with Crippen LogP contribution in [0.15, 0.2) is 0 Å². The highest BCUT2D eigenvalue weighted by Gasteiger charge is 2.53. The highest BCUT2D eigenvalue weighted by Crippen LogP contribution is 2.62. The van der Waals surface area contributed by atoms with Gasteiger partial charge >= 0.3 is 0 Å². The van der Waals surface area contributed by atoms with Gasteiger partial charge in [-0.05, 0) is 61.7 Å². The lowest BCUT2D eigenvalue weighted by molar-refractivity contribution is 0.201. The summed E-state index contributed by atoms with van der Waals surface area (Å²) < 4.78 is 0. The maximum absolute atomic E-state index is 2.34. The maximum atomic E-state index is 2.34. The van der Waals surface area contributed by atoms with Crippen LogP contribution in [0.1, 0.15) is 58.3 Å². The summed E-state index contributed by atoms with van der Waals surface area (Å²) >= 11 is 0. The highest BCUT2D eigenvalue weighted by atomic mass is 14.6. The van der Waals surface area contributed by atoms with E-state index in [2.05, 4.69) is 6.92 Å². The molecule has 0 bridgehead atoms. The van der Waals surface area contributed by atoms with E-state index in [1.807, 2.05) is 0 Å². The van der Waals surface area contributed by atoms with Crippen LogP contribution in [0.25, 0.3) is 0 Å². The van der Waals surface area contributed by atoms with Gasteiger partial charge in [-0.25, -0.2) is 0 Å². The Kier molecular flexibility index (Phi) is 2.34. The second kappa shape index (κ2) is 3.54. The van der Waals surface area contributed by atoms with Gasteiger partial charge in [-0.3, -0.25) is 0 Å². The van der Waals surface area contributed by atoms with Gasteiger partial charge in [0.1, 0.15) is 0 Å². The second-order valence-corrected chi connectivity index (χ2v) is 6.05. The zero-order chi connectivity index (χ0) is 9.54. The molecule has 0 amide bonds. The molecule has 0 N–H and O–H groups in total. The molecule has 80 valence electrons. The Morgan fingerprint density at radius 3 is 2.64 bits per heavy atom. The van der Waals surface area contributed by atoms with E-state index in [4.69, 9.17) is 0 Å². The third-order valence-corrected chi connectivity index (χ3v) is 5.31. The largest absolute Gasteiger partial charge is 0.0654 e. The highest BCUT2D eigenvalue weighted by molar-refractivity contribution is 5.02. The first-order chi connectivity index (χ1) is 6.90. The lowest BCUT2D eigenvalue weighted by Gasteiger charge is -2.29. The normalized spacial score (nSPS) is 49.9. The molecule has 3 aliphatic rings. The van der Waals surface area contributed by atoms with Crippen molar-refractivity contribution >= 4 is 0 Å². The molecule has 0 heterocycles. The van der Waals surface area contributed by atoms with Gasteiger partial charge in [0.05, 0.1) is 0 Å². The molecule has 3 fully saturated rings. The summed E-state index contributed by atoms with van der Waals surface area (Å²) in [6, 6.07) is 0. The zero-order valence-corrected chi connectivity index (χ0v) is 9.54. The van der Waals surface area contributed by atoms with E-state index in [0.29, 0.717) is 0 Å². The molecular formula is C14H24. The van der Waals surface area contributed by atoms with Crippen molar-refractivity contribution in [3.63, 3.8) is 0 Å². The molecule has 5 unspecified atom stereocenters. The van der Waals surface area contributed by atoms with E-state index in [1.165, 1.54) is 36.5 Å². The van der Waals surface area contributed by atoms with E-state index in [0.717, 1.165) is 5.92 Å². The van der Waals surface area contributed by atoms with Crippen LogP contribution < -0.4 is 0 Å². The van der Waals surface area contributed by atoms with E-state index in [-0.39, 0.29) is 0 Å². The Labute approximate surface area is 88.5 Å². The van der Waals surface area contributed by atoms with Crippen LogP contribution in [0.3, 0.4) is 0 Å². The summed E-state index contributed by atoms with van der Waals surface area (Å²) in [7, 11) is 0. The Hall–Kier alpha value is 0. The molecule has 0 aliphatic heterocycles. The van der Waals surface area contributed by atoms with Crippen LogP contribution in [-0.2, 0) is 0 Å². The van der Waals surface area contributed by atoms with Crippen LogP contribution in [0.4, 0.5) is 0 Å². The molecule has 0 aromatic rings. The van der Waals surface area contributed by atoms with Crippen molar-refractivity contribution in [2.45, 2.75) is 58.3 Å². The lowest BCUT2D eigenvalue weighted by Crippen LogP contribution is -2.22. The van der Waals surface area contributed by atoms with Gasteiger partial charge < -0.3 is 0 Å². The van der Waals surface area contributed by atoms with Gasteiger partial charge in [0, 0.05) is 0 Å². The average Bonchev–Trinajstić information content (AvgIpc) is 2.89. The lowest BCUT2D eigenvalue weighted by atomic mass is 9.76. The quantitative estimate of drug-likeness (QED) is 0.627. The molecule has 0 aromatic heterocycles. The Balaban J connectivity index is 1.64. The summed E-state index contributed by atoms with van der Waals surface area (Å²) in [5.41, 5.74) is 0. The predicted molar refractivity (Wildman–Crippen MR) is 60.1 cm³/mol.